The molecular weight excluding hydrogens is 523 g/mol. The Bertz CT molecular complexity index is 820. The number of hydrogen-bond acceptors (Lipinski definition) is 5. The Kier molecular flexibility index (Phi) is 11.1. The van der Waals surface area contributed by atoms with Gasteiger partial charge in [0.05, 0.1) is 5.01 Å². The molecule has 0 bridgehead atoms. The van der Waals surface area contributed by atoms with E-state index < -0.39 is 0 Å². The number of aromatic nitrogens is 1. The topological polar surface area (TPSA) is 72.9 Å². The lowest BCUT2D eigenvalue weighted by molar-refractivity contribution is -0.131. The summed E-state index contributed by atoms with van der Waals surface area (Å²) in [6.45, 7) is 9.46. The number of amides is 1. The van der Waals surface area contributed by atoms with Gasteiger partial charge < -0.3 is 20.4 Å². The predicted molar refractivity (Wildman–Crippen MR) is 140 cm³/mol. The largest absolute Gasteiger partial charge is 0.368 e. The van der Waals surface area contributed by atoms with E-state index in [1.807, 2.05) is 24.1 Å². The molecule has 0 radical (unpaired) electrons. The van der Waals surface area contributed by atoms with Gasteiger partial charge in [0.2, 0.25) is 5.91 Å². The average molecular weight is 557 g/mol. The van der Waals surface area contributed by atoms with Gasteiger partial charge in [0.1, 0.15) is 0 Å². The van der Waals surface area contributed by atoms with Gasteiger partial charge in [-0.15, -0.1) is 35.3 Å². The third-order valence-electron chi connectivity index (χ3n) is 4.99. The minimum absolute atomic E-state index is 0. The van der Waals surface area contributed by atoms with E-state index in [1.54, 1.807) is 11.3 Å². The molecular formula is C22H33IN6OS. The number of rotatable bonds is 8. The normalized spacial score (nSPS) is 14.2. The SMILES string of the molecule is CCNC(=NCCc1ncc(C)s1)NCCC(=O)N1CCN(c2ccccc2)CC1.I. The van der Waals surface area contributed by atoms with Gasteiger partial charge in [-0.25, -0.2) is 4.98 Å². The van der Waals surface area contributed by atoms with Crippen LogP contribution in [0.15, 0.2) is 41.5 Å². The van der Waals surface area contributed by atoms with E-state index in [4.69, 9.17) is 0 Å². The first-order valence-corrected chi connectivity index (χ1v) is 11.5. The van der Waals surface area contributed by atoms with Crippen molar-refractivity contribution in [2.45, 2.75) is 26.7 Å². The molecule has 1 aromatic carbocycles. The van der Waals surface area contributed by atoms with Crippen LogP contribution in [0.1, 0.15) is 23.2 Å². The van der Waals surface area contributed by atoms with E-state index in [0.717, 1.165) is 50.1 Å². The van der Waals surface area contributed by atoms with Gasteiger partial charge in [-0.2, -0.15) is 0 Å². The molecule has 1 aromatic heterocycles. The zero-order chi connectivity index (χ0) is 21.2. The Morgan fingerprint density at radius 1 is 1.16 bits per heavy atom. The first-order valence-electron chi connectivity index (χ1n) is 10.7. The third-order valence-corrected chi connectivity index (χ3v) is 5.97. The average Bonchev–Trinajstić information content (AvgIpc) is 3.19. The molecule has 1 aliphatic rings. The number of carbonyl (C=O) groups is 1. The Morgan fingerprint density at radius 3 is 2.55 bits per heavy atom. The monoisotopic (exact) mass is 556 g/mol. The number of nitrogens with one attached hydrogen (secondary N) is 2. The van der Waals surface area contributed by atoms with Crippen LogP contribution in [-0.2, 0) is 11.2 Å². The van der Waals surface area contributed by atoms with Crippen LogP contribution in [0.4, 0.5) is 5.69 Å². The lowest BCUT2D eigenvalue weighted by Gasteiger charge is -2.36. The first kappa shape index (κ1) is 25.4. The fourth-order valence-corrected chi connectivity index (χ4v) is 4.20. The Labute approximate surface area is 206 Å². The van der Waals surface area contributed by atoms with Gasteiger partial charge in [0, 0.05) is 75.4 Å². The van der Waals surface area contributed by atoms with Crippen LogP contribution in [-0.4, -0.2) is 67.6 Å². The summed E-state index contributed by atoms with van der Waals surface area (Å²) < 4.78 is 0. The first-order chi connectivity index (χ1) is 14.7. The number of piperazine rings is 1. The summed E-state index contributed by atoms with van der Waals surface area (Å²) in [5, 5.41) is 7.63. The van der Waals surface area contributed by atoms with E-state index in [1.165, 1.54) is 10.6 Å². The Hall–Kier alpha value is -1.88. The molecule has 0 spiro atoms. The molecule has 2 heterocycles. The second-order valence-electron chi connectivity index (χ2n) is 7.26. The van der Waals surface area contributed by atoms with Crippen LogP contribution in [0.3, 0.4) is 0 Å². The highest BCUT2D eigenvalue weighted by Crippen LogP contribution is 2.15. The molecule has 2 aromatic rings. The molecule has 9 heteroatoms. The number of aryl methyl sites for hydroxylation is 1. The van der Waals surface area contributed by atoms with Crippen molar-refractivity contribution in [3.05, 3.63) is 46.4 Å². The minimum Gasteiger partial charge on any atom is -0.368 e. The highest BCUT2D eigenvalue weighted by molar-refractivity contribution is 14.0. The number of nitrogens with zero attached hydrogens (tertiary/aromatic N) is 4. The summed E-state index contributed by atoms with van der Waals surface area (Å²) >= 11 is 1.71. The van der Waals surface area contributed by atoms with Gasteiger partial charge in [-0.3, -0.25) is 9.79 Å². The second kappa shape index (κ2) is 13.5. The minimum atomic E-state index is 0. The zero-order valence-electron chi connectivity index (χ0n) is 18.3. The van der Waals surface area contributed by atoms with E-state index in [2.05, 4.69) is 56.7 Å². The van der Waals surface area contributed by atoms with Crippen LogP contribution in [0.25, 0.3) is 0 Å². The van der Waals surface area contributed by atoms with Crippen molar-refractivity contribution in [2.24, 2.45) is 4.99 Å². The second-order valence-corrected chi connectivity index (χ2v) is 8.57. The molecule has 7 nitrogen and oxygen atoms in total. The summed E-state index contributed by atoms with van der Waals surface area (Å²) in [6, 6.07) is 10.4. The number of hydrogen-bond donors (Lipinski definition) is 2. The maximum Gasteiger partial charge on any atom is 0.224 e. The lowest BCUT2D eigenvalue weighted by Crippen LogP contribution is -2.49. The fourth-order valence-electron chi connectivity index (χ4n) is 3.42. The lowest BCUT2D eigenvalue weighted by atomic mass is 10.2. The van der Waals surface area contributed by atoms with Crippen molar-refractivity contribution >= 4 is 52.9 Å². The number of halogens is 1. The van der Waals surface area contributed by atoms with Gasteiger partial charge in [0.25, 0.3) is 0 Å². The van der Waals surface area contributed by atoms with E-state index in [-0.39, 0.29) is 29.9 Å². The van der Waals surface area contributed by atoms with Gasteiger partial charge >= 0.3 is 0 Å². The Morgan fingerprint density at radius 2 is 1.90 bits per heavy atom. The molecule has 0 unspecified atom stereocenters. The van der Waals surface area contributed by atoms with Crippen molar-refractivity contribution in [2.75, 3.05) is 50.7 Å². The molecule has 170 valence electrons. The van der Waals surface area contributed by atoms with Crippen molar-refractivity contribution in [3.8, 4) is 0 Å². The van der Waals surface area contributed by atoms with E-state index >= 15 is 0 Å². The van der Waals surface area contributed by atoms with Crippen LogP contribution < -0.4 is 15.5 Å². The maximum absolute atomic E-state index is 12.6. The number of carbonyl (C=O) groups excluding carboxylic acids is 1. The van der Waals surface area contributed by atoms with Crippen molar-refractivity contribution in [1.82, 2.24) is 20.5 Å². The number of anilines is 1. The van der Waals surface area contributed by atoms with Crippen LogP contribution >= 0.6 is 35.3 Å². The summed E-state index contributed by atoms with van der Waals surface area (Å²) in [7, 11) is 0. The number of para-hydroxylation sites is 1. The van der Waals surface area contributed by atoms with Crippen molar-refractivity contribution in [1.29, 1.82) is 0 Å². The van der Waals surface area contributed by atoms with Gasteiger partial charge in [-0.05, 0) is 26.0 Å². The molecule has 0 saturated carbocycles. The van der Waals surface area contributed by atoms with E-state index in [0.29, 0.717) is 19.5 Å². The predicted octanol–water partition coefficient (Wildman–Crippen LogP) is 2.91. The number of aliphatic imine (C=N–C) groups is 1. The van der Waals surface area contributed by atoms with Crippen molar-refractivity contribution < 1.29 is 4.79 Å². The van der Waals surface area contributed by atoms with Gasteiger partial charge in [0.15, 0.2) is 5.96 Å². The maximum atomic E-state index is 12.6. The highest BCUT2D eigenvalue weighted by atomic mass is 127. The third kappa shape index (κ3) is 8.29. The quantitative estimate of drug-likeness (QED) is 0.297. The molecule has 0 aliphatic carbocycles. The summed E-state index contributed by atoms with van der Waals surface area (Å²) in [5.41, 5.74) is 1.23. The van der Waals surface area contributed by atoms with E-state index in [9.17, 15) is 4.79 Å². The molecule has 3 rings (SSSR count). The van der Waals surface area contributed by atoms with Crippen molar-refractivity contribution in [3.63, 3.8) is 0 Å². The number of thiazole rings is 1. The number of guanidine groups is 1. The van der Waals surface area contributed by atoms with Gasteiger partial charge in [-0.1, -0.05) is 18.2 Å². The summed E-state index contributed by atoms with van der Waals surface area (Å²) in [5.74, 6) is 0.955. The molecule has 1 saturated heterocycles. The summed E-state index contributed by atoms with van der Waals surface area (Å²) in [6.07, 6.45) is 3.21. The van der Waals surface area contributed by atoms with Crippen LogP contribution in [0.2, 0.25) is 0 Å². The molecule has 0 atom stereocenters. The van der Waals surface area contributed by atoms with Crippen LogP contribution in [0.5, 0.6) is 0 Å². The molecule has 31 heavy (non-hydrogen) atoms. The standard InChI is InChI=1S/C22H32N6OS.HI/c1-3-23-22(24-11-9-20-26-17-18(2)30-20)25-12-10-21(29)28-15-13-27(14-16-28)19-7-5-4-6-8-19;/h4-8,17H,3,9-16H2,1-2H3,(H2,23,24,25);1H. The molecule has 1 fully saturated rings. The molecule has 2 N–H and O–H groups in total. The Balaban J connectivity index is 0.00000341. The number of benzene rings is 1. The molecule has 1 aliphatic heterocycles. The fraction of sp³-hybridized carbons (Fsp3) is 0.500. The zero-order valence-corrected chi connectivity index (χ0v) is 21.5. The smallest absolute Gasteiger partial charge is 0.224 e. The summed E-state index contributed by atoms with van der Waals surface area (Å²) in [4.78, 5) is 27.1. The van der Waals surface area contributed by atoms with Crippen LogP contribution in [0, 0.1) is 6.92 Å². The molecule has 1 amide bonds. The highest BCUT2D eigenvalue weighted by Gasteiger charge is 2.20.